The number of thiazole rings is 1. The third-order valence-electron chi connectivity index (χ3n) is 4.31. The minimum absolute atomic E-state index is 0.00728. The highest BCUT2D eigenvalue weighted by Gasteiger charge is 2.32. The predicted octanol–water partition coefficient (Wildman–Crippen LogP) is 3.04. The van der Waals surface area contributed by atoms with Gasteiger partial charge >= 0.3 is 0 Å². The van der Waals surface area contributed by atoms with Gasteiger partial charge in [-0.2, -0.15) is 4.31 Å². The van der Waals surface area contributed by atoms with Crippen LogP contribution in [0.4, 0.5) is 0 Å². The van der Waals surface area contributed by atoms with Gasteiger partial charge in [0.2, 0.25) is 5.91 Å². The van der Waals surface area contributed by atoms with E-state index >= 15 is 0 Å². The lowest BCUT2D eigenvalue weighted by atomic mass is 9.97. The minimum Gasteiger partial charge on any atom is -0.355 e. The van der Waals surface area contributed by atoms with Crippen molar-refractivity contribution in [3.8, 4) is 0 Å². The molecule has 1 amide bonds. The number of nitrogens with one attached hydrogen (secondary N) is 1. The van der Waals surface area contributed by atoms with E-state index in [1.165, 1.54) is 15.6 Å². The zero-order chi connectivity index (χ0) is 18.7. The number of piperidine rings is 1. The van der Waals surface area contributed by atoms with Crippen LogP contribution < -0.4 is 5.32 Å². The highest BCUT2D eigenvalue weighted by atomic mass is 79.9. The smallest absolute Gasteiger partial charge is 0.252 e. The predicted molar refractivity (Wildman–Crippen MR) is 107 cm³/mol. The fourth-order valence-corrected chi connectivity index (χ4v) is 7.18. The Hall–Kier alpha value is -0.810. The van der Waals surface area contributed by atoms with Crippen LogP contribution in [0.3, 0.4) is 0 Å². The SMILES string of the molecule is Cc1nc(CCNC(=O)C2CCN(S(=O)(=O)c3ccc(Br)s3)CC2)cs1. The first-order chi connectivity index (χ1) is 12.4. The van der Waals surface area contributed by atoms with Crippen molar-refractivity contribution in [2.45, 2.75) is 30.4 Å². The first kappa shape index (κ1) is 19.9. The Labute approximate surface area is 169 Å². The normalized spacial score (nSPS) is 16.7. The van der Waals surface area contributed by atoms with E-state index in [1.54, 1.807) is 23.5 Å². The first-order valence-electron chi connectivity index (χ1n) is 8.30. The van der Waals surface area contributed by atoms with Crippen LogP contribution in [0.2, 0.25) is 0 Å². The van der Waals surface area contributed by atoms with Crippen LogP contribution in [0.5, 0.6) is 0 Å². The third-order valence-corrected chi connectivity index (χ3v) is 9.13. The molecule has 0 unspecified atom stereocenters. The van der Waals surface area contributed by atoms with Crippen LogP contribution in [0, 0.1) is 12.8 Å². The molecule has 6 nitrogen and oxygen atoms in total. The molecule has 2 aromatic rings. The van der Waals surface area contributed by atoms with Gasteiger partial charge in [0.15, 0.2) is 0 Å². The number of amides is 1. The molecule has 2 aromatic heterocycles. The standard InChI is InChI=1S/C16H20BrN3O3S3/c1-11-19-13(10-24-11)4-7-18-16(21)12-5-8-20(9-6-12)26(22,23)15-3-2-14(17)25-15/h2-3,10,12H,4-9H2,1H3,(H,18,21). The van der Waals surface area contributed by atoms with Crippen molar-refractivity contribution < 1.29 is 13.2 Å². The fourth-order valence-electron chi connectivity index (χ4n) is 2.90. The average molecular weight is 478 g/mol. The van der Waals surface area contributed by atoms with E-state index in [0.717, 1.165) is 20.9 Å². The maximum Gasteiger partial charge on any atom is 0.252 e. The second-order valence-corrected chi connectivity index (χ2v) is 11.8. The molecule has 1 aliphatic rings. The van der Waals surface area contributed by atoms with Gasteiger partial charge in [0, 0.05) is 37.4 Å². The number of rotatable bonds is 6. The molecule has 10 heteroatoms. The molecule has 1 fully saturated rings. The number of carbonyl (C=O) groups is 1. The lowest BCUT2D eigenvalue weighted by Crippen LogP contribution is -2.43. The van der Waals surface area contributed by atoms with Gasteiger partial charge in [0.25, 0.3) is 10.0 Å². The highest BCUT2D eigenvalue weighted by Crippen LogP contribution is 2.30. The molecular formula is C16H20BrN3O3S3. The van der Waals surface area contributed by atoms with Crippen molar-refractivity contribution in [2.24, 2.45) is 5.92 Å². The summed E-state index contributed by atoms with van der Waals surface area (Å²) in [7, 11) is -3.46. The zero-order valence-electron chi connectivity index (χ0n) is 14.3. The number of thiophene rings is 1. The Bertz CT molecular complexity index is 870. The summed E-state index contributed by atoms with van der Waals surface area (Å²) in [6.45, 7) is 3.27. The molecule has 3 rings (SSSR count). The number of hydrogen-bond donors (Lipinski definition) is 1. The van der Waals surface area contributed by atoms with E-state index in [-0.39, 0.29) is 11.8 Å². The fraction of sp³-hybridized carbons (Fsp3) is 0.500. The van der Waals surface area contributed by atoms with Gasteiger partial charge in [0.05, 0.1) is 14.5 Å². The van der Waals surface area contributed by atoms with Gasteiger partial charge in [-0.3, -0.25) is 4.79 Å². The van der Waals surface area contributed by atoms with E-state index in [4.69, 9.17) is 0 Å². The number of carbonyl (C=O) groups excluding carboxylic acids is 1. The molecule has 1 N–H and O–H groups in total. The van der Waals surface area contributed by atoms with E-state index in [2.05, 4.69) is 26.2 Å². The molecule has 0 saturated carbocycles. The lowest BCUT2D eigenvalue weighted by molar-refractivity contribution is -0.126. The molecule has 26 heavy (non-hydrogen) atoms. The summed E-state index contributed by atoms with van der Waals surface area (Å²) in [5.74, 6) is -0.124. The van der Waals surface area contributed by atoms with Crippen molar-refractivity contribution in [3.63, 3.8) is 0 Å². The van der Waals surface area contributed by atoms with Crippen LogP contribution in [0.15, 0.2) is 25.5 Å². The summed E-state index contributed by atoms with van der Waals surface area (Å²) in [6.07, 6.45) is 1.82. The largest absolute Gasteiger partial charge is 0.355 e. The van der Waals surface area contributed by atoms with Crippen molar-refractivity contribution in [1.82, 2.24) is 14.6 Å². The molecule has 3 heterocycles. The summed E-state index contributed by atoms with van der Waals surface area (Å²) in [6, 6.07) is 3.35. The molecule has 0 aromatic carbocycles. The summed E-state index contributed by atoms with van der Waals surface area (Å²) >= 11 is 6.11. The Kier molecular flexibility index (Phi) is 6.50. The number of hydrogen-bond acceptors (Lipinski definition) is 6. The Morgan fingerprint density at radius 2 is 2.12 bits per heavy atom. The minimum atomic E-state index is -3.46. The van der Waals surface area contributed by atoms with E-state index in [9.17, 15) is 13.2 Å². The van der Waals surface area contributed by atoms with Crippen LogP contribution in [-0.2, 0) is 21.2 Å². The number of aryl methyl sites for hydroxylation is 1. The van der Waals surface area contributed by atoms with E-state index in [0.29, 0.717) is 36.7 Å². The number of halogens is 1. The number of nitrogens with zero attached hydrogens (tertiary/aromatic N) is 2. The van der Waals surface area contributed by atoms with Crippen molar-refractivity contribution in [2.75, 3.05) is 19.6 Å². The van der Waals surface area contributed by atoms with Gasteiger partial charge in [0.1, 0.15) is 4.21 Å². The first-order valence-corrected chi connectivity index (χ1v) is 12.2. The molecule has 1 aliphatic heterocycles. The molecule has 142 valence electrons. The maximum atomic E-state index is 12.6. The Balaban J connectivity index is 1.47. The van der Waals surface area contributed by atoms with Crippen LogP contribution in [0.1, 0.15) is 23.5 Å². The summed E-state index contributed by atoms with van der Waals surface area (Å²) in [4.78, 5) is 16.7. The van der Waals surface area contributed by atoms with Gasteiger partial charge in [-0.1, -0.05) is 0 Å². The summed E-state index contributed by atoms with van der Waals surface area (Å²) in [5.41, 5.74) is 0.996. The van der Waals surface area contributed by atoms with Crippen molar-refractivity contribution >= 4 is 54.5 Å². The van der Waals surface area contributed by atoms with Gasteiger partial charge in [-0.25, -0.2) is 13.4 Å². The summed E-state index contributed by atoms with van der Waals surface area (Å²) in [5, 5.41) is 5.99. The molecule has 1 saturated heterocycles. The number of sulfonamides is 1. The van der Waals surface area contributed by atoms with Crippen molar-refractivity contribution in [3.05, 3.63) is 32.0 Å². The van der Waals surface area contributed by atoms with Crippen molar-refractivity contribution in [1.29, 1.82) is 0 Å². The maximum absolute atomic E-state index is 12.6. The number of aromatic nitrogens is 1. The van der Waals surface area contributed by atoms with E-state index in [1.807, 2.05) is 12.3 Å². The quantitative estimate of drug-likeness (QED) is 0.693. The average Bonchev–Trinajstić information content (AvgIpc) is 3.23. The van der Waals surface area contributed by atoms with E-state index < -0.39 is 10.0 Å². The zero-order valence-corrected chi connectivity index (χ0v) is 18.3. The highest BCUT2D eigenvalue weighted by molar-refractivity contribution is 9.11. The van der Waals surface area contributed by atoms with Crippen LogP contribution >= 0.6 is 38.6 Å². The molecule has 0 spiro atoms. The third kappa shape index (κ3) is 4.72. The molecule has 0 bridgehead atoms. The molecule has 0 atom stereocenters. The Morgan fingerprint density at radius 1 is 1.38 bits per heavy atom. The molecule has 0 aliphatic carbocycles. The Morgan fingerprint density at radius 3 is 2.69 bits per heavy atom. The van der Waals surface area contributed by atoms with Crippen LogP contribution in [-0.4, -0.2) is 43.2 Å². The van der Waals surface area contributed by atoms with Gasteiger partial charge in [-0.15, -0.1) is 22.7 Å². The monoisotopic (exact) mass is 477 g/mol. The van der Waals surface area contributed by atoms with Gasteiger partial charge < -0.3 is 5.32 Å². The van der Waals surface area contributed by atoms with Gasteiger partial charge in [-0.05, 0) is 47.8 Å². The second kappa shape index (κ2) is 8.47. The molecule has 0 radical (unpaired) electrons. The second-order valence-electron chi connectivity index (χ2n) is 6.14. The topological polar surface area (TPSA) is 79.4 Å². The van der Waals surface area contributed by atoms with Crippen LogP contribution in [0.25, 0.3) is 0 Å². The summed E-state index contributed by atoms with van der Waals surface area (Å²) < 4.78 is 27.8. The lowest BCUT2D eigenvalue weighted by Gasteiger charge is -2.30. The molecular weight excluding hydrogens is 458 g/mol.